The normalized spacial score (nSPS) is 19.1. The Hall–Kier alpha value is -2.77. The SMILES string of the molecule is COC(C(=O)N1CCC2(CCC(=O)N2OCc2ccccc2F)CC1)c1ccccc1. The number of hydrogen-bond donors (Lipinski definition) is 0. The summed E-state index contributed by atoms with van der Waals surface area (Å²) in [6.45, 7) is 1.03. The number of carbonyl (C=O) groups excluding carboxylic acids is 2. The number of amides is 2. The summed E-state index contributed by atoms with van der Waals surface area (Å²) in [4.78, 5) is 33.2. The van der Waals surface area contributed by atoms with Crippen molar-refractivity contribution in [1.82, 2.24) is 9.96 Å². The van der Waals surface area contributed by atoms with Crippen LogP contribution in [0.15, 0.2) is 54.6 Å². The van der Waals surface area contributed by atoms with Crippen LogP contribution < -0.4 is 0 Å². The summed E-state index contributed by atoms with van der Waals surface area (Å²) in [6, 6.07) is 15.8. The second-order valence-electron chi connectivity index (χ2n) is 8.13. The fourth-order valence-electron chi connectivity index (χ4n) is 4.54. The van der Waals surface area contributed by atoms with Crippen molar-refractivity contribution in [3.63, 3.8) is 0 Å². The summed E-state index contributed by atoms with van der Waals surface area (Å²) >= 11 is 0. The van der Waals surface area contributed by atoms with Crippen LogP contribution in [-0.4, -0.2) is 47.5 Å². The van der Waals surface area contributed by atoms with E-state index in [1.165, 1.54) is 18.2 Å². The topological polar surface area (TPSA) is 59.1 Å². The van der Waals surface area contributed by atoms with E-state index in [9.17, 15) is 14.0 Å². The Kier molecular flexibility index (Phi) is 6.34. The van der Waals surface area contributed by atoms with Crippen LogP contribution in [0, 0.1) is 5.82 Å². The van der Waals surface area contributed by atoms with E-state index in [1.807, 2.05) is 30.3 Å². The molecule has 4 rings (SSSR count). The molecule has 0 radical (unpaired) electrons. The lowest BCUT2D eigenvalue weighted by Crippen LogP contribution is -2.54. The molecule has 6 nitrogen and oxygen atoms in total. The van der Waals surface area contributed by atoms with E-state index in [0.29, 0.717) is 44.3 Å². The Balaban J connectivity index is 1.41. The molecule has 1 atom stereocenters. The van der Waals surface area contributed by atoms with E-state index in [2.05, 4.69) is 0 Å². The van der Waals surface area contributed by atoms with Crippen molar-refractivity contribution in [2.45, 2.75) is 43.9 Å². The van der Waals surface area contributed by atoms with Gasteiger partial charge in [0.1, 0.15) is 12.4 Å². The largest absolute Gasteiger partial charge is 0.367 e. The number of halogens is 1. The predicted octanol–water partition coefficient (Wildman–Crippen LogP) is 3.63. The van der Waals surface area contributed by atoms with E-state index in [0.717, 1.165) is 5.56 Å². The number of likely N-dealkylation sites (tertiary alicyclic amines) is 1. The minimum Gasteiger partial charge on any atom is -0.367 e. The van der Waals surface area contributed by atoms with Crippen molar-refractivity contribution in [1.29, 1.82) is 0 Å². The van der Waals surface area contributed by atoms with Crippen molar-refractivity contribution in [3.8, 4) is 0 Å². The number of carbonyl (C=O) groups is 2. The van der Waals surface area contributed by atoms with E-state index >= 15 is 0 Å². The molecular formula is C24H27FN2O4. The molecule has 2 amide bonds. The van der Waals surface area contributed by atoms with Gasteiger partial charge in [0.25, 0.3) is 5.91 Å². The molecule has 0 bridgehead atoms. The molecule has 2 fully saturated rings. The maximum atomic E-state index is 13.9. The first-order valence-corrected chi connectivity index (χ1v) is 10.6. The van der Waals surface area contributed by atoms with Crippen LogP contribution in [0.4, 0.5) is 4.39 Å². The van der Waals surface area contributed by atoms with Crippen LogP contribution in [0.5, 0.6) is 0 Å². The third kappa shape index (κ3) is 4.34. The Morgan fingerprint density at radius 3 is 2.42 bits per heavy atom. The molecule has 2 aliphatic rings. The molecule has 0 aromatic heterocycles. The van der Waals surface area contributed by atoms with Crippen molar-refractivity contribution in [2.75, 3.05) is 20.2 Å². The van der Waals surface area contributed by atoms with Crippen molar-refractivity contribution in [3.05, 3.63) is 71.5 Å². The average molecular weight is 426 g/mol. The Bertz CT molecular complexity index is 928. The molecule has 0 saturated carbocycles. The van der Waals surface area contributed by atoms with Gasteiger partial charge in [-0.05, 0) is 30.9 Å². The monoisotopic (exact) mass is 426 g/mol. The second kappa shape index (κ2) is 9.16. The average Bonchev–Trinajstić information content (AvgIpc) is 3.09. The highest BCUT2D eigenvalue weighted by Gasteiger charge is 2.49. The quantitative estimate of drug-likeness (QED) is 0.708. The van der Waals surface area contributed by atoms with Gasteiger partial charge in [-0.15, -0.1) is 0 Å². The molecule has 1 unspecified atom stereocenters. The lowest BCUT2D eigenvalue weighted by atomic mass is 9.85. The molecule has 31 heavy (non-hydrogen) atoms. The number of nitrogens with zero attached hydrogens (tertiary/aromatic N) is 2. The second-order valence-corrected chi connectivity index (χ2v) is 8.13. The van der Waals surface area contributed by atoms with E-state index in [-0.39, 0.29) is 24.2 Å². The third-order valence-electron chi connectivity index (χ3n) is 6.34. The van der Waals surface area contributed by atoms with Crippen LogP contribution >= 0.6 is 0 Å². The minimum absolute atomic E-state index is 0.00254. The molecule has 0 N–H and O–H groups in total. The van der Waals surface area contributed by atoms with E-state index in [4.69, 9.17) is 9.57 Å². The molecule has 1 spiro atoms. The van der Waals surface area contributed by atoms with E-state index in [1.54, 1.807) is 23.1 Å². The molecule has 2 aromatic rings. The molecule has 2 aliphatic heterocycles. The number of rotatable bonds is 6. The number of methoxy groups -OCH3 is 1. The highest BCUT2D eigenvalue weighted by atomic mass is 19.1. The van der Waals surface area contributed by atoms with Gasteiger partial charge in [0, 0.05) is 32.2 Å². The fourth-order valence-corrected chi connectivity index (χ4v) is 4.54. The van der Waals surface area contributed by atoms with Gasteiger partial charge >= 0.3 is 0 Å². The first kappa shape index (κ1) is 21.5. The Morgan fingerprint density at radius 1 is 1.06 bits per heavy atom. The Morgan fingerprint density at radius 2 is 1.74 bits per heavy atom. The van der Waals surface area contributed by atoms with Crippen LogP contribution in [0.2, 0.25) is 0 Å². The smallest absolute Gasteiger partial charge is 0.256 e. The highest BCUT2D eigenvalue weighted by Crippen LogP contribution is 2.40. The summed E-state index contributed by atoms with van der Waals surface area (Å²) < 4.78 is 19.4. The molecule has 2 aromatic carbocycles. The van der Waals surface area contributed by atoms with Gasteiger partial charge < -0.3 is 9.64 Å². The zero-order valence-corrected chi connectivity index (χ0v) is 17.6. The first-order chi connectivity index (χ1) is 15.0. The summed E-state index contributed by atoms with van der Waals surface area (Å²) in [5.41, 5.74) is 0.783. The third-order valence-corrected chi connectivity index (χ3v) is 6.34. The summed E-state index contributed by atoms with van der Waals surface area (Å²) in [7, 11) is 1.54. The number of ether oxygens (including phenoxy) is 1. The molecular weight excluding hydrogens is 399 g/mol. The molecule has 2 heterocycles. The minimum atomic E-state index is -0.645. The molecule has 0 aliphatic carbocycles. The molecule has 164 valence electrons. The highest BCUT2D eigenvalue weighted by molar-refractivity contribution is 5.83. The van der Waals surface area contributed by atoms with Gasteiger partial charge in [0.15, 0.2) is 6.10 Å². The van der Waals surface area contributed by atoms with Crippen LogP contribution in [-0.2, 0) is 25.8 Å². The van der Waals surface area contributed by atoms with Gasteiger partial charge in [-0.25, -0.2) is 9.45 Å². The van der Waals surface area contributed by atoms with Gasteiger partial charge in [-0.3, -0.25) is 14.4 Å². The van der Waals surface area contributed by atoms with Gasteiger partial charge in [0.05, 0.1) is 5.54 Å². The fraction of sp³-hybridized carbons (Fsp3) is 0.417. The van der Waals surface area contributed by atoms with Crippen molar-refractivity contribution in [2.24, 2.45) is 0 Å². The first-order valence-electron chi connectivity index (χ1n) is 10.6. The summed E-state index contributed by atoms with van der Waals surface area (Å²) in [6.07, 6.45) is 1.67. The van der Waals surface area contributed by atoms with Gasteiger partial charge in [-0.2, -0.15) is 0 Å². The zero-order chi connectivity index (χ0) is 21.8. The standard InChI is InChI=1S/C24H27FN2O4/c1-30-22(18-7-3-2-4-8-18)23(29)26-15-13-24(14-16-26)12-11-21(28)27(24)31-17-19-9-5-6-10-20(19)25/h2-10,22H,11-17H2,1H3. The van der Waals surface area contributed by atoms with E-state index < -0.39 is 11.6 Å². The van der Waals surface area contributed by atoms with Crippen molar-refractivity contribution >= 4 is 11.8 Å². The van der Waals surface area contributed by atoms with Crippen LogP contribution in [0.25, 0.3) is 0 Å². The van der Waals surface area contributed by atoms with Crippen LogP contribution in [0.1, 0.15) is 42.9 Å². The lowest BCUT2D eigenvalue weighted by Gasteiger charge is -2.44. The maximum absolute atomic E-state index is 13.9. The number of hydroxylamine groups is 2. The van der Waals surface area contributed by atoms with Gasteiger partial charge in [-0.1, -0.05) is 48.5 Å². The number of benzene rings is 2. The van der Waals surface area contributed by atoms with Crippen molar-refractivity contribution < 1.29 is 23.6 Å². The predicted molar refractivity (Wildman–Crippen MR) is 112 cm³/mol. The Labute approximate surface area is 181 Å². The molecule has 2 saturated heterocycles. The van der Waals surface area contributed by atoms with Crippen LogP contribution in [0.3, 0.4) is 0 Å². The van der Waals surface area contributed by atoms with Gasteiger partial charge in [0.2, 0.25) is 5.91 Å². The number of hydrogen-bond acceptors (Lipinski definition) is 4. The lowest BCUT2D eigenvalue weighted by molar-refractivity contribution is -0.223. The molecule has 7 heteroatoms. The summed E-state index contributed by atoms with van der Waals surface area (Å²) in [5.74, 6) is -0.517. The maximum Gasteiger partial charge on any atom is 0.256 e. The zero-order valence-electron chi connectivity index (χ0n) is 17.6. The number of piperidine rings is 1. The summed E-state index contributed by atoms with van der Waals surface area (Å²) in [5, 5.41) is 1.45.